The zero-order valence-corrected chi connectivity index (χ0v) is 15.4. The highest BCUT2D eigenvalue weighted by Crippen LogP contribution is 2.23. The molecule has 0 atom stereocenters. The zero-order chi connectivity index (χ0) is 19.1. The molecule has 3 aromatic heterocycles. The van der Waals surface area contributed by atoms with E-state index in [4.69, 9.17) is 4.42 Å². The number of furan rings is 1. The van der Waals surface area contributed by atoms with Gasteiger partial charge in [0.2, 0.25) is 5.91 Å². The summed E-state index contributed by atoms with van der Waals surface area (Å²) in [6.45, 7) is 2.77. The van der Waals surface area contributed by atoms with Gasteiger partial charge in [0.25, 0.3) is 0 Å². The Bertz CT molecular complexity index is 895. The Balaban J connectivity index is 1.59. The number of nitrogens with one attached hydrogen (secondary N) is 2. The van der Waals surface area contributed by atoms with Crippen LogP contribution in [-0.2, 0) is 11.3 Å². The number of thioether (sulfide) groups is 1. The topological polar surface area (TPSA) is 115 Å². The molecular formula is C17H18N6O3S. The fourth-order valence-electron chi connectivity index (χ4n) is 2.29. The first-order valence-electron chi connectivity index (χ1n) is 8.28. The van der Waals surface area contributed by atoms with Crippen LogP contribution < -0.4 is 10.9 Å². The molecule has 2 amide bonds. The standard InChI is InChI=1S/C17H18N6O3S/c1-2-8-23-15(12-5-3-7-18-10-12)20-22-17(23)27-11-14(24)19-21-16(25)13-6-4-9-26-13/h3-7,9-10H,2,8,11H2,1H3,(H,19,24)(H,21,25). The minimum atomic E-state index is -0.522. The SMILES string of the molecule is CCCn1c(SCC(=O)NNC(=O)c2ccco2)nnc1-c1cccnc1. The summed E-state index contributed by atoms with van der Waals surface area (Å²) in [5.41, 5.74) is 5.50. The summed E-state index contributed by atoms with van der Waals surface area (Å²) in [7, 11) is 0. The fraction of sp³-hybridized carbons (Fsp3) is 0.235. The second-order valence-corrected chi connectivity index (χ2v) is 6.41. The lowest BCUT2D eigenvalue weighted by Gasteiger charge is -2.09. The number of carbonyl (C=O) groups excluding carboxylic acids is 2. The fourth-order valence-corrected chi connectivity index (χ4v) is 3.06. The minimum absolute atomic E-state index is 0.0767. The van der Waals surface area contributed by atoms with Crippen molar-refractivity contribution in [1.82, 2.24) is 30.6 Å². The van der Waals surface area contributed by atoms with Crippen molar-refractivity contribution in [3.8, 4) is 11.4 Å². The molecule has 3 aromatic rings. The molecule has 0 bridgehead atoms. The van der Waals surface area contributed by atoms with Crippen LogP contribution in [0.1, 0.15) is 23.9 Å². The number of nitrogens with zero attached hydrogens (tertiary/aromatic N) is 4. The van der Waals surface area contributed by atoms with Crippen LogP contribution in [0.2, 0.25) is 0 Å². The number of rotatable bonds is 7. The molecule has 9 nitrogen and oxygen atoms in total. The van der Waals surface area contributed by atoms with Crippen LogP contribution in [-0.4, -0.2) is 37.3 Å². The average Bonchev–Trinajstić information content (AvgIpc) is 3.36. The third kappa shape index (κ3) is 4.73. The van der Waals surface area contributed by atoms with Gasteiger partial charge < -0.3 is 8.98 Å². The molecule has 10 heteroatoms. The highest BCUT2D eigenvalue weighted by molar-refractivity contribution is 7.99. The Morgan fingerprint density at radius 2 is 2.11 bits per heavy atom. The molecular weight excluding hydrogens is 368 g/mol. The lowest BCUT2D eigenvalue weighted by atomic mass is 10.2. The Morgan fingerprint density at radius 3 is 2.81 bits per heavy atom. The second kappa shape index (κ2) is 8.99. The Kier molecular flexibility index (Phi) is 6.21. The maximum absolute atomic E-state index is 12.0. The van der Waals surface area contributed by atoms with Crippen LogP contribution in [0, 0.1) is 0 Å². The van der Waals surface area contributed by atoms with Gasteiger partial charge in [-0.3, -0.25) is 25.4 Å². The van der Waals surface area contributed by atoms with Crippen LogP contribution in [0.3, 0.4) is 0 Å². The van der Waals surface area contributed by atoms with E-state index in [1.807, 2.05) is 16.7 Å². The van der Waals surface area contributed by atoms with Gasteiger partial charge in [-0.15, -0.1) is 10.2 Å². The minimum Gasteiger partial charge on any atom is -0.459 e. The number of amides is 2. The number of aromatic nitrogens is 4. The maximum Gasteiger partial charge on any atom is 0.305 e. The molecule has 27 heavy (non-hydrogen) atoms. The summed E-state index contributed by atoms with van der Waals surface area (Å²) in [5, 5.41) is 9.04. The van der Waals surface area contributed by atoms with Crippen molar-refractivity contribution < 1.29 is 14.0 Å². The van der Waals surface area contributed by atoms with Crippen molar-refractivity contribution >= 4 is 23.6 Å². The maximum atomic E-state index is 12.0. The molecule has 140 valence electrons. The normalized spacial score (nSPS) is 10.6. The van der Waals surface area contributed by atoms with E-state index in [1.165, 1.54) is 24.1 Å². The summed E-state index contributed by atoms with van der Waals surface area (Å²) in [6, 6.07) is 6.84. The van der Waals surface area contributed by atoms with E-state index < -0.39 is 5.91 Å². The van der Waals surface area contributed by atoms with Crippen LogP contribution in [0.5, 0.6) is 0 Å². The van der Waals surface area contributed by atoms with Crippen molar-refractivity contribution in [2.45, 2.75) is 25.0 Å². The third-order valence-electron chi connectivity index (χ3n) is 3.48. The van der Waals surface area contributed by atoms with Crippen LogP contribution in [0.4, 0.5) is 0 Å². The van der Waals surface area contributed by atoms with E-state index in [0.717, 1.165) is 18.5 Å². The first-order valence-corrected chi connectivity index (χ1v) is 9.26. The van der Waals surface area contributed by atoms with E-state index >= 15 is 0 Å². The van der Waals surface area contributed by atoms with Crippen molar-refractivity contribution in [3.63, 3.8) is 0 Å². The molecule has 0 aromatic carbocycles. The van der Waals surface area contributed by atoms with Gasteiger partial charge in [0, 0.05) is 24.5 Å². The quantitative estimate of drug-likeness (QED) is 0.471. The predicted octanol–water partition coefficient (Wildman–Crippen LogP) is 1.90. The molecule has 0 saturated carbocycles. The first kappa shape index (κ1) is 18.6. The summed E-state index contributed by atoms with van der Waals surface area (Å²) in [5.74, 6) is 0.0128. The molecule has 0 radical (unpaired) electrons. The molecule has 3 rings (SSSR count). The lowest BCUT2D eigenvalue weighted by molar-refractivity contribution is -0.119. The molecule has 0 aliphatic carbocycles. The van der Waals surface area contributed by atoms with Crippen molar-refractivity contribution in [1.29, 1.82) is 0 Å². The Labute approximate surface area is 159 Å². The third-order valence-corrected chi connectivity index (χ3v) is 4.44. The van der Waals surface area contributed by atoms with Gasteiger partial charge in [-0.1, -0.05) is 18.7 Å². The van der Waals surface area contributed by atoms with Crippen molar-refractivity contribution in [2.24, 2.45) is 0 Å². The molecule has 0 saturated heterocycles. The van der Waals surface area contributed by atoms with Crippen LogP contribution in [0.15, 0.2) is 52.5 Å². The first-order chi connectivity index (χ1) is 13.2. The molecule has 0 unspecified atom stereocenters. The monoisotopic (exact) mass is 386 g/mol. The summed E-state index contributed by atoms with van der Waals surface area (Å²) in [4.78, 5) is 27.8. The van der Waals surface area contributed by atoms with Gasteiger partial charge in [0.05, 0.1) is 12.0 Å². The lowest BCUT2D eigenvalue weighted by Crippen LogP contribution is -2.42. The Hall–Kier alpha value is -3.14. The second-order valence-electron chi connectivity index (χ2n) is 5.47. The van der Waals surface area contributed by atoms with Gasteiger partial charge >= 0.3 is 5.91 Å². The van der Waals surface area contributed by atoms with Gasteiger partial charge in [-0.2, -0.15) is 0 Å². The number of hydrogen-bond acceptors (Lipinski definition) is 7. The van der Waals surface area contributed by atoms with Gasteiger partial charge in [0.15, 0.2) is 16.7 Å². The van der Waals surface area contributed by atoms with E-state index in [9.17, 15) is 9.59 Å². The van der Waals surface area contributed by atoms with E-state index in [-0.39, 0.29) is 17.4 Å². The highest BCUT2D eigenvalue weighted by Gasteiger charge is 2.16. The van der Waals surface area contributed by atoms with Gasteiger partial charge in [-0.25, -0.2) is 0 Å². The highest BCUT2D eigenvalue weighted by atomic mass is 32.2. The molecule has 0 fully saturated rings. The van der Waals surface area contributed by atoms with Gasteiger partial charge in [-0.05, 0) is 30.7 Å². The number of pyridine rings is 1. The van der Waals surface area contributed by atoms with Crippen LogP contribution in [0.25, 0.3) is 11.4 Å². The molecule has 2 N–H and O–H groups in total. The summed E-state index contributed by atoms with van der Waals surface area (Å²) < 4.78 is 6.90. The molecule has 0 aliphatic heterocycles. The number of hydrazine groups is 1. The van der Waals surface area contributed by atoms with E-state index in [2.05, 4.69) is 33.0 Å². The van der Waals surface area contributed by atoms with E-state index in [1.54, 1.807) is 18.5 Å². The van der Waals surface area contributed by atoms with E-state index in [0.29, 0.717) is 11.0 Å². The smallest absolute Gasteiger partial charge is 0.305 e. The largest absolute Gasteiger partial charge is 0.459 e. The zero-order valence-electron chi connectivity index (χ0n) is 14.6. The number of carbonyl (C=O) groups is 2. The average molecular weight is 386 g/mol. The summed E-state index contributed by atoms with van der Waals surface area (Å²) in [6.07, 6.45) is 5.69. The van der Waals surface area contributed by atoms with Crippen LogP contribution >= 0.6 is 11.8 Å². The van der Waals surface area contributed by atoms with Crippen molar-refractivity contribution in [3.05, 3.63) is 48.7 Å². The molecule has 3 heterocycles. The predicted molar refractivity (Wildman–Crippen MR) is 98.6 cm³/mol. The van der Waals surface area contributed by atoms with Gasteiger partial charge in [0.1, 0.15) is 0 Å². The van der Waals surface area contributed by atoms with Crippen molar-refractivity contribution in [2.75, 3.05) is 5.75 Å². The Morgan fingerprint density at radius 1 is 1.22 bits per heavy atom. The molecule has 0 spiro atoms. The molecule has 0 aliphatic rings. The number of hydrogen-bond donors (Lipinski definition) is 2. The summed E-state index contributed by atoms with van der Waals surface area (Å²) >= 11 is 1.24.